The topological polar surface area (TPSA) is 26.3 Å². The van der Waals surface area contributed by atoms with E-state index in [1.165, 1.54) is 0 Å². The molecule has 0 aromatic heterocycles. The standard InChI is InChI=1S/C13H12Br2O2/c14-12(15)7-10-6-11(10)8-17-13(16)9-4-2-1-3-5-9/h1-5,7,10-11H,6,8H2/t10-,11-/m1/s1. The first-order valence-corrected chi connectivity index (χ1v) is 7.00. The minimum Gasteiger partial charge on any atom is -0.462 e. The van der Waals surface area contributed by atoms with Crippen molar-refractivity contribution in [3.63, 3.8) is 0 Å². The van der Waals surface area contributed by atoms with Crippen molar-refractivity contribution < 1.29 is 9.53 Å². The second-order valence-corrected chi connectivity index (χ2v) is 6.85. The highest BCUT2D eigenvalue weighted by Crippen LogP contribution is 2.41. The molecule has 4 heteroatoms. The molecule has 1 saturated carbocycles. The van der Waals surface area contributed by atoms with Crippen molar-refractivity contribution in [2.45, 2.75) is 6.42 Å². The molecule has 0 aliphatic heterocycles. The Morgan fingerprint density at radius 2 is 2.06 bits per heavy atom. The molecule has 0 saturated heterocycles. The Hall–Kier alpha value is -0.610. The summed E-state index contributed by atoms with van der Waals surface area (Å²) in [5.41, 5.74) is 0.613. The molecule has 2 rings (SSSR count). The first-order valence-electron chi connectivity index (χ1n) is 5.42. The maximum absolute atomic E-state index is 11.6. The number of rotatable bonds is 4. The van der Waals surface area contributed by atoms with Gasteiger partial charge >= 0.3 is 5.97 Å². The van der Waals surface area contributed by atoms with Crippen LogP contribution in [0.25, 0.3) is 0 Å². The van der Waals surface area contributed by atoms with E-state index in [2.05, 4.69) is 37.9 Å². The summed E-state index contributed by atoms with van der Waals surface area (Å²) < 4.78 is 6.23. The Labute approximate surface area is 117 Å². The van der Waals surface area contributed by atoms with Gasteiger partial charge in [-0.05, 0) is 56.3 Å². The van der Waals surface area contributed by atoms with Crippen molar-refractivity contribution in [2.24, 2.45) is 11.8 Å². The van der Waals surface area contributed by atoms with E-state index < -0.39 is 0 Å². The fraction of sp³-hybridized carbons (Fsp3) is 0.308. The van der Waals surface area contributed by atoms with E-state index in [1.54, 1.807) is 12.1 Å². The number of hydrogen-bond acceptors (Lipinski definition) is 2. The van der Waals surface area contributed by atoms with Crippen molar-refractivity contribution in [2.75, 3.05) is 6.61 Å². The molecule has 0 unspecified atom stereocenters. The lowest BCUT2D eigenvalue weighted by Gasteiger charge is -2.03. The van der Waals surface area contributed by atoms with Gasteiger partial charge in [-0.3, -0.25) is 0 Å². The minimum atomic E-state index is -0.238. The monoisotopic (exact) mass is 358 g/mol. The third-order valence-corrected chi connectivity index (χ3v) is 3.28. The fourth-order valence-electron chi connectivity index (χ4n) is 1.67. The van der Waals surface area contributed by atoms with Crippen LogP contribution in [-0.4, -0.2) is 12.6 Å². The van der Waals surface area contributed by atoms with E-state index in [9.17, 15) is 4.79 Å². The number of halogens is 2. The number of allylic oxidation sites excluding steroid dienone is 1. The predicted molar refractivity (Wildman–Crippen MR) is 74.3 cm³/mol. The van der Waals surface area contributed by atoms with Crippen molar-refractivity contribution in [1.82, 2.24) is 0 Å². The third-order valence-electron chi connectivity index (χ3n) is 2.76. The Kier molecular flexibility index (Phi) is 4.40. The molecule has 1 aliphatic rings. The summed E-state index contributed by atoms with van der Waals surface area (Å²) in [6, 6.07) is 9.08. The lowest BCUT2D eigenvalue weighted by molar-refractivity contribution is 0.0482. The molecule has 1 fully saturated rings. The molecular weight excluding hydrogens is 348 g/mol. The van der Waals surface area contributed by atoms with Crippen LogP contribution in [0.5, 0.6) is 0 Å². The molecule has 0 amide bonds. The number of esters is 1. The third kappa shape index (κ3) is 3.96. The molecule has 1 aliphatic carbocycles. The number of ether oxygens (including phenoxy) is 1. The Morgan fingerprint density at radius 3 is 2.71 bits per heavy atom. The van der Waals surface area contributed by atoms with Crippen molar-refractivity contribution in [3.05, 3.63) is 45.4 Å². The SMILES string of the molecule is O=C(OC[C@H]1C[C@@H]1C=C(Br)Br)c1ccccc1. The number of benzene rings is 1. The molecule has 90 valence electrons. The van der Waals surface area contributed by atoms with Crippen LogP contribution in [0.1, 0.15) is 16.8 Å². The molecule has 2 nitrogen and oxygen atoms in total. The smallest absolute Gasteiger partial charge is 0.338 e. The molecule has 0 heterocycles. The van der Waals surface area contributed by atoms with Gasteiger partial charge in [0.2, 0.25) is 0 Å². The molecule has 17 heavy (non-hydrogen) atoms. The van der Waals surface area contributed by atoms with Crippen LogP contribution in [-0.2, 0) is 4.74 Å². The van der Waals surface area contributed by atoms with Gasteiger partial charge in [0.05, 0.1) is 15.6 Å². The Balaban J connectivity index is 1.77. The average Bonchev–Trinajstić information content (AvgIpc) is 3.04. The van der Waals surface area contributed by atoms with Crippen LogP contribution in [0, 0.1) is 11.8 Å². The molecule has 0 bridgehead atoms. The van der Waals surface area contributed by atoms with E-state index in [0.29, 0.717) is 24.0 Å². The van der Waals surface area contributed by atoms with Gasteiger partial charge in [0, 0.05) is 5.92 Å². The Bertz CT molecular complexity index is 424. The highest BCUT2D eigenvalue weighted by molar-refractivity contribution is 9.28. The average molecular weight is 360 g/mol. The summed E-state index contributed by atoms with van der Waals surface area (Å²) in [6.45, 7) is 0.502. The van der Waals surface area contributed by atoms with Gasteiger partial charge in [-0.1, -0.05) is 24.3 Å². The predicted octanol–water partition coefficient (Wildman–Crippen LogP) is 4.11. The largest absolute Gasteiger partial charge is 0.462 e. The summed E-state index contributed by atoms with van der Waals surface area (Å²) in [6.07, 6.45) is 3.18. The first-order chi connectivity index (χ1) is 8.16. The van der Waals surface area contributed by atoms with E-state index in [4.69, 9.17) is 4.74 Å². The van der Waals surface area contributed by atoms with Gasteiger partial charge in [-0.2, -0.15) is 0 Å². The van der Waals surface area contributed by atoms with Crippen LogP contribution in [0.15, 0.2) is 39.8 Å². The highest BCUT2D eigenvalue weighted by Gasteiger charge is 2.36. The van der Waals surface area contributed by atoms with Crippen LogP contribution in [0.4, 0.5) is 0 Å². The lowest BCUT2D eigenvalue weighted by Crippen LogP contribution is -2.07. The second kappa shape index (κ2) is 5.83. The first kappa shape index (κ1) is 12.8. The maximum Gasteiger partial charge on any atom is 0.338 e. The summed E-state index contributed by atoms with van der Waals surface area (Å²) in [5.74, 6) is 0.748. The number of carbonyl (C=O) groups is 1. The van der Waals surface area contributed by atoms with Crippen LogP contribution in [0.3, 0.4) is 0 Å². The molecule has 2 atom stereocenters. The molecular formula is C13H12Br2O2. The fourth-order valence-corrected chi connectivity index (χ4v) is 2.35. The number of hydrogen-bond donors (Lipinski definition) is 0. The van der Waals surface area contributed by atoms with Gasteiger partial charge in [0.1, 0.15) is 0 Å². The summed E-state index contributed by atoms with van der Waals surface area (Å²) in [7, 11) is 0. The Morgan fingerprint density at radius 1 is 1.35 bits per heavy atom. The quantitative estimate of drug-likeness (QED) is 0.756. The van der Waals surface area contributed by atoms with E-state index in [1.807, 2.05) is 18.2 Å². The summed E-state index contributed by atoms with van der Waals surface area (Å²) in [5, 5.41) is 0. The molecule has 1 aromatic rings. The highest BCUT2D eigenvalue weighted by atomic mass is 79.9. The molecule has 1 aromatic carbocycles. The zero-order valence-electron chi connectivity index (χ0n) is 9.11. The normalized spacial score (nSPS) is 21.8. The van der Waals surface area contributed by atoms with Crippen LogP contribution in [0.2, 0.25) is 0 Å². The lowest BCUT2D eigenvalue weighted by atomic mass is 10.2. The van der Waals surface area contributed by atoms with Crippen LogP contribution < -0.4 is 0 Å². The summed E-state index contributed by atoms with van der Waals surface area (Å²) >= 11 is 6.66. The van der Waals surface area contributed by atoms with Crippen molar-refractivity contribution >= 4 is 37.8 Å². The van der Waals surface area contributed by atoms with E-state index in [-0.39, 0.29) is 5.97 Å². The van der Waals surface area contributed by atoms with Gasteiger partial charge in [0.15, 0.2) is 0 Å². The molecule has 0 N–H and O–H groups in total. The number of carbonyl (C=O) groups excluding carboxylic acids is 1. The van der Waals surface area contributed by atoms with E-state index in [0.717, 1.165) is 9.81 Å². The van der Waals surface area contributed by atoms with Crippen molar-refractivity contribution in [3.8, 4) is 0 Å². The van der Waals surface area contributed by atoms with Crippen LogP contribution >= 0.6 is 31.9 Å². The second-order valence-electron chi connectivity index (χ2n) is 4.08. The van der Waals surface area contributed by atoms with Gasteiger partial charge in [-0.25, -0.2) is 4.79 Å². The van der Waals surface area contributed by atoms with E-state index >= 15 is 0 Å². The summed E-state index contributed by atoms with van der Waals surface area (Å²) in [4.78, 5) is 11.6. The molecule has 0 spiro atoms. The molecule has 0 radical (unpaired) electrons. The van der Waals surface area contributed by atoms with Gasteiger partial charge in [0.25, 0.3) is 0 Å². The minimum absolute atomic E-state index is 0.238. The van der Waals surface area contributed by atoms with Gasteiger partial charge < -0.3 is 4.74 Å². The maximum atomic E-state index is 11.6. The zero-order valence-corrected chi connectivity index (χ0v) is 12.3. The van der Waals surface area contributed by atoms with Gasteiger partial charge in [-0.15, -0.1) is 0 Å². The zero-order chi connectivity index (χ0) is 12.3. The van der Waals surface area contributed by atoms with Crippen molar-refractivity contribution in [1.29, 1.82) is 0 Å².